The second-order valence-electron chi connectivity index (χ2n) is 5.31. The molecule has 1 aromatic rings. The summed E-state index contributed by atoms with van der Waals surface area (Å²) in [5.74, 6) is 0.338. The van der Waals surface area contributed by atoms with Crippen molar-refractivity contribution in [3.8, 4) is 0 Å². The highest BCUT2D eigenvalue weighted by atomic mass is 16.1. The van der Waals surface area contributed by atoms with Crippen LogP contribution in [0.15, 0.2) is 18.2 Å². The number of hydrogen-bond acceptors (Lipinski definition) is 3. The number of nitrogens with zero attached hydrogens (tertiary/aromatic N) is 1. The van der Waals surface area contributed by atoms with Gasteiger partial charge in [0, 0.05) is 18.3 Å². The number of benzene rings is 1. The molecule has 1 saturated heterocycles. The van der Waals surface area contributed by atoms with Gasteiger partial charge in [-0.1, -0.05) is 6.92 Å². The van der Waals surface area contributed by atoms with Crippen molar-refractivity contribution >= 4 is 17.3 Å². The van der Waals surface area contributed by atoms with Crippen molar-refractivity contribution in [1.82, 2.24) is 0 Å². The van der Waals surface area contributed by atoms with Gasteiger partial charge in [-0.2, -0.15) is 0 Å². The third kappa shape index (κ3) is 2.42. The van der Waals surface area contributed by atoms with Gasteiger partial charge < -0.3 is 16.4 Å². The molecule has 4 heteroatoms. The van der Waals surface area contributed by atoms with Crippen LogP contribution in [-0.4, -0.2) is 18.5 Å². The summed E-state index contributed by atoms with van der Waals surface area (Å²) in [4.78, 5) is 13.7. The zero-order valence-electron chi connectivity index (χ0n) is 11.0. The number of piperidine rings is 1. The summed E-state index contributed by atoms with van der Waals surface area (Å²) in [6.07, 6.45) is 2.27. The summed E-state index contributed by atoms with van der Waals surface area (Å²) in [6.45, 7) is 5.40. The highest BCUT2D eigenvalue weighted by molar-refractivity contribution is 5.99. The first-order valence-electron chi connectivity index (χ1n) is 6.45. The van der Waals surface area contributed by atoms with E-state index in [1.165, 1.54) is 0 Å². The molecule has 0 saturated carbocycles. The largest absolute Gasteiger partial charge is 0.399 e. The molecule has 0 radical (unpaired) electrons. The van der Waals surface area contributed by atoms with Crippen molar-refractivity contribution in [3.63, 3.8) is 0 Å². The molecule has 2 atom stereocenters. The normalized spacial score (nSPS) is 24.0. The fraction of sp³-hybridized carbons (Fsp3) is 0.500. The minimum Gasteiger partial charge on any atom is -0.399 e. The van der Waals surface area contributed by atoms with Gasteiger partial charge in [-0.15, -0.1) is 0 Å². The Labute approximate surface area is 108 Å². The number of nitrogens with two attached hydrogens (primary N) is 2. The molecule has 1 heterocycles. The lowest BCUT2D eigenvalue weighted by molar-refractivity contribution is 0.100. The van der Waals surface area contributed by atoms with Gasteiger partial charge in [0.2, 0.25) is 0 Å². The number of rotatable bonds is 2. The Bertz CT molecular complexity index is 458. The molecule has 4 nitrogen and oxygen atoms in total. The monoisotopic (exact) mass is 247 g/mol. The van der Waals surface area contributed by atoms with Crippen molar-refractivity contribution in [2.24, 2.45) is 11.7 Å². The first kappa shape index (κ1) is 12.7. The van der Waals surface area contributed by atoms with E-state index in [2.05, 4.69) is 18.7 Å². The second kappa shape index (κ2) is 4.88. The van der Waals surface area contributed by atoms with E-state index in [0.717, 1.165) is 31.0 Å². The van der Waals surface area contributed by atoms with Crippen LogP contribution in [-0.2, 0) is 0 Å². The summed E-state index contributed by atoms with van der Waals surface area (Å²) >= 11 is 0. The predicted octanol–water partition coefficient (Wildman–Crippen LogP) is 1.99. The van der Waals surface area contributed by atoms with Crippen LogP contribution < -0.4 is 16.4 Å². The van der Waals surface area contributed by atoms with E-state index in [1.54, 1.807) is 12.1 Å². The maximum Gasteiger partial charge on any atom is 0.250 e. The average molecular weight is 247 g/mol. The molecule has 0 spiro atoms. The molecule has 98 valence electrons. The molecule has 2 unspecified atom stereocenters. The van der Waals surface area contributed by atoms with Gasteiger partial charge in [0.15, 0.2) is 0 Å². The summed E-state index contributed by atoms with van der Waals surface area (Å²) in [6, 6.07) is 5.71. The molecule has 1 amide bonds. The molecular weight excluding hydrogens is 226 g/mol. The van der Waals surface area contributed by atoms with E-state index in [1.807, 2.05) is 6.07 Å². The summed E-state index contributed by atoms with van der Waals surface area (Å²) in [5, 5.41) is 0. The van der Waals surface area contributed by atoms with Crippen LogP contribution in [0.1, 0.15) is 37.0 Å². The average Bonchev–Trinajstić information content (AvgIpc) is 2.28. The Morgan fingerprint density at radius 1 is 1.39 bits per heavy atom. The number of carbonyl (C=O) groups is 1. The molecule has 1 aliphatic heterocycles. The van der Waals surface area contributed by atoms with Crippen LogP contribution in [0.3, 0.4) is 0 Å². The fourth-order valence-corrected chi connectivity index (χ4v) is 2.76. The molecular formula is C14H21N3O. The number of amides is 1. The molecule has 2 rings (SSSR count). The minimum atomic E-state index is -0.393. The zero-order valence-corrected chi connectivity index (χ0v) is 11.0. The quantitative estimate of drug-likeness (QED) is 0.785. The van der Waals surface area contributed by atoms with Crippen LogP contribution in [0.4, 0.5) is 11.4 Å². The lowest BCUT2D eigenvalue weighted by Gasteiger charge is -2.39. The highest BCUT2D eigenvalue weighted by Gasteiger charge is 2.25. The van der Waals surface area contributed by atoms with Crippen molar-refractivity contribution in [1.29, 1.82) is 0 Å². The van der Waals surface area contributed by atoms with Gasteiger partial charge in [-0.3, -0.25) is 4.79 Å². The van der Waals surface area contributed by atoms with E-state index in [4.69, 9.17) is 11.5 Å². The molecule has 1 aromatic carbocycles. The van der Waals surface area contributed by atoms with Crippen molar-refractivity contribution in [3.05, 3.63) is 23.8 Å². The SMILES string of the molecule is CC1CCN(c2cc(N)ccc2C(N)=O)C(C)C1. The van der Waals surface area contributed by atoms with Gasteiger partial charge in [0.05, 0.1) is 11.3 Å². The van der Waals surface area contributed by atoms with E-state index >= 15 is 0 Å². The van der Waals surface area contributed by atoms with Crippen molar-refractivity contribution in [2.75, 3.05) is 17.2 Å². The summed E-state index contributed by atoms with van der Waals surface area (Å²) < 4.78 is 0. The van der Waals surface area contributed by atoms with Gasteiger partial charge >= 0.3 is 0 Å². The van der Waals surface area contributed by atoms with E-state index in [9.17, 15) is 4.79 Å². The Hall–Kier alpha value is -1.71. The molecule has 0 bridgehead atoms. The lowest BCUT2D eigenvalue weighted by Crippen LogP contribution is -2.41. The fourth-order valence-electron chi connectivity index (χ4n) is 2.76. The maximum absolute atomic E-state index is 11.5. The third-order valence-corrected chi connectivity index (χ3v) is 3.74. The zero-order chi connectivity index (χ0) is 13.3. The standard InChI is InChI=1S/C14H21N3O/c1-9-5-6-17(10(2)7-9)13-8-11(15)3-4-12(13)14(16)18/h3-4,8-10H,5-7,15H2,1-2H3,(H2,16,18). The first-order chi connectivity index (χ1) is 8.49. The van der Waals surface area contributed by atoms with Crippen LogP contribution >= 0.6 is 0 Å². The van der Waals surface area contributed by atoms with Crippen molar-refractivity contribution < 1.29 is 4.79 Å². The number of carbonyl (C=O) groups excluding carboxylic acids is 1. The third-order valence-electron chi connectivity index (χ3n) is 3.74. The molecule has 1 aliphatic rings. The van der Waals surface area contributed by atoms with Gasteiger partial charge in [0.25, 0.3) is 5.91 Å². The smallest absolute Gasteiger partial charge is 0.250 e. The maximum atomic E-state index is 11.5. The van der Waals surface area contributed by atoms with E-state index in [-0.39, 0.29) is 0 Å². The van der Waals surface area contributed by atoms with Crippen molar-refractivity contribution in [2.45, 2.75) is 32.7 Å². The van der Waals surface area contributed by atoms with Gasteiger partial charge in [0.1, 0.15) is 0 Å². The lowest BCUT2D eigenvalue weighted by atomic mass is 9.92. The topological polar surface area (TPSA) is 72.3 Å². The van der Waals surface area contributed by atoms with Crippen LogP contribution in [0, 0.1) is 5.92 Å². The van der Waals surface area contributed by atoms with Gasteiger partial charge in [-0.05, 0) is 43.9 Å². The molecule has 0 aliphatic carbocycles. The Kier molecular flexibility index (Phi) is 3.45. The molecule has 0 aromatic heterocycles. The van der Waals surface area contributed by atoms with E-state index in [0.29, 0.717) is 17.3 Å². The number of primary amides is 1. The Balaban J connectivity index is 2.37. The Morgan fingerprint density at radius 3 is 2.72 bits per heavy atom. The highest BCUT2D eigenvalue weighted by Crippen LogP contribution is 2.31. The number of anilines is 2. The van der Waals surface area contributed by atoms with Crippen LogP contribution in [0.25, 0.3) is 0 Å². The van der Waals surface area contributed by atoms with Gasteiger partial charge in [-0.25, -0.2) is 0 Å². The Morgan fingerprint density at radius 2 is 2.11 bits per heavy atom. The number of nitrogen functional groups attached to an aromatic ring is 1. The molecule has 18 heavy (non-hydrogen) atoms. The van der Waals surface area contributed by atoms with Crippen LogP contribution in [0.5, 0.6) is 0 Å². The predicted molar refractivity (Wildman–Crippen MR) is 74.6 cm³/mol. The summed E-state index contributed by atoms with van der Waals surface area (Å²) in [7, 11) is 0. The second-order valence-corrected chi connectivity index (χ2v) is 5.31. The van der Waals surface area contributed by atoms with E-state index < -0.39 is 5.91 Å². The molecule has 4 N–H and O–H groups in total. The van der Waals surface area contributed by atoms with Crippen LogP contribution in [0.2, 0.25) is 0 Å². The molecule has 1 fully saturated rings. The first-order valence-corrected chi connectivity index (χ1v) is 6.45. The summed E-state index contributed by atoms with van der Waals surface area (Å²) in [5.41, 5.74) is 13.4. The minimum absolute atomic E-state index is 0.393. The number of hydrogen-bond donors (Lipinski definition) is 2.